The van der Waals surface area contributed by atoms with Crippen LogP contribution in [0.5, 0.6) is 0 Å². The first kappa shape index (κ1) is 15.5. The second kappa shape index (κ2) is 5.64. The third kappa shape index (κ3) is 2.56. The highest BCUT2D eigenvalue weighted by atomic mass is 16.5. The Balaban J connectivity index is 2.28. The van der Waals surface area contributed by atoms with E-state index in [1.807, 2.05) is 6.92 Å². The predicted octanol–water partition coefficient (Wildman–Crippen LogP) is 2.24. The monoisotopic (exact) mass is 316 g/mol. The summed E-state index contributed by atoms with van der Waals surface area (Å²) in [5, 5.41) is 25.4. The number of carbonyl (C=O) groups is 1. The first-order valence-corrected chi connectivity index (χ1v) is 7.81. The van der Waals surface area contributed by atoms with Gasteiger partial charge in [-0.1, -0.05) is 20.8 Å². The van der Waals surface area contributed by atoms with Crippen LogP contribution in [0.4, 0.5) is 0 Å². The molecule has 1 aliphatic rings. The van der Waals surface area contributed by atoms with E-state index in [0.29, 0.717) is 16.5 Å². The van der Waals surface area contributed by atoms with Crippen LogP contribution in [0.25, 0.3) is 5.82 Å². The van der Waals surface area contributed by atoms with E-state index in [2.05, 4.69) is 23.9 Å². The molecule has 2 aromatic heterocycles. The Hall–Kier alpha value is -2.44. The highest BCUT2D eigenvalue weighted by molar-refractivity contribution is 5.88. The summed E-state index contributed by atoms with van der Waals surface area (Å²) in [6, 6.07) is 0. The summed E-state index contributed by atoms with van der Waals surface area (Å²) in [6.07, 6.45) is 5.91. The smallest absolute Gasteiger partial charge is 0.356 e. The lowest BCUT2D eigenvalue weighted by Crippen LogP contribution is -2.27. The fourth-order valence-electron chi connectivity index (χ4n) is 3.45. The third-order valence-corrected chi connectivity index (χ3v) is 4.60. The van der Waals surface area contributed by atoms with Gasteiger partial charge in [0.05, 0.1) is 11.9 Å². The van der Waals surface area contributed by atoms with Crippen molar-refractivity contribution in [1.82, 2.24) is 14.8 Å². The second-order valence-corrected chi connectivity index (χ2v) is 6.47. The largest absolute Gasteiger partial charge is 0.619 e. The summed E-state index contributed by atoms with van der Waals surface area (Å²) in [4.78, 5) is 15.8. The summed E-state index contributed by atoms with van der Waals surface area (Å²) in [5.41, 5.74) is 1.74. The summed E-state index contributed by atoms with van der Waals surface area (Å²) in [7, 11) is 0. The molecule has 1 unspecified atom stereocenters. The predicted molar refractivity (Wildman–Crippen MR) is 82.5 cm³/mol. The van der Waals surface area contributed by atoms with Crippen LogP contribution in [0.3, 0.4) is 0 Å². The van der Waals surface area contributed by atoms with E-state index in [-0.39, 0.29) is 17.5 Å². The van der Waals surface area contributed by atoms with Gasteiger partial charge in [-0.3, -0.25) is 0 Å². The Bertz CT molecular complexity index is 754. The number of fused-ring (bicyclic) bond motifs is 1. The summed E-state index contributed by atoms with van der Waals surface area (Å²) < 4.78 is 2.20. The standard InChI is InChI=1S/C16H20N4O3/c1-9(2)11-5-4-10(3)13-14(16(21)22)18-20(15(11)13)12-8-19(23)7-6-17-12/h6-11H,4-5H2,1-3H3,(H,21,22)/t10-,11?/m1/s1. The summed E-state index contributed by atoms with van der Waals surface area (Å²) >= 11 is 0. The molecule has 0 fully saturated rings. The van der Waals surface area contributed by atoms with Crippen molar-refractivity contribution in [2.45, 2.75) is 45.4 Å². The maximum Gasteiger partial charge on any atom is 0.356 e. The lowest BCUT2D eigenvalue weighted by molar-refractivity contribution is -0.605. The summed E-state index contributed by atoms with van der Waals surface area (Å²) in [5.74, 6) is -0.0125. The van der Waals surface area contributed by atoms with Crippen LogP contribution in [-0.4, -0.2) is 25.8 Å². The Morgan fingerprint density at radius 2 is 2.22 bits per heavy atom. The molecule has 2 heterocycles. The van der Waals surface area contributed by atoms with Crippen LogP contribution >= 0.6 is 0 Å². The van der Waals surface area contributed by atoms with E-state index in [0.717, 1.165) is 24.1 Å². The molecule has 2 aromatic rings. The molecule has 122 valence electrons. The number of rotatable bonds is 3. The fraction of sp³-hybridized carbons (Fsp3) is 0.500. The van der Waals surface area contributed by atoms with E-state index in [1.54, 1.807) is 4.68 Å². The van der Waals surface area contributed by atoms with Crippen LogP contribution in [0, 0.1) is 11.1 Å². The molecule has 7 nitrogen and oxygen atoms in total. The molecule has 3 rings (SSSR count). The van der Waals surface area contributed by atoms with Gasteiger partial charge in [0.15, 0.2) is 11.9 Å². The van der Waals surface area contributed by atoms with E-state index in [1.165, 1.54) is 18.6 Å². The van der Waals surface area contributed by atoms with E-state index < -0.39 is 5.97 Å². The number of nitrogens with zero attached hydrogens (tertiary/aromatic N) is 4. The minimum Gasteiger partial charge on any atom is -0.619 e. The van der Waals surface area contributed by atoms with E-state index >= 15 is 0 Å². The van der Waals surface area contributed by atoms with Crippen molar-refractivity contribution in [1.29, 1.82) is 0 Å². The van der Waals surface area contributed by atoms with Crippen molar-refractivity contribution in [3.63, 3.8) is 0 Å². The molecule has 0 saturated heterocycles. The molecule has 0 aliphatic heterocycles. The molecule has 1 aliphatic carbocycles. The maximum absolute atomic E-state index is 11.6. The molecule has 23 heavy (non-hydrogen) atoms. The van der Waals surface area contributed by atoms with Crippen molar-refractivity contribution in [3.8, 4) is 5.82 Å². The molecule has 0 spiro atoms. The second-order valence-electron chi connectivity index (χ2n) is 6.47. The Labute approximate surface area is 134 Å². The molecule has 2 atom stereocenters. The maximum atomic E-state index is 11.6. The number of hydrogen-bond acceptors (Lipinski definition) is 4. The minimum absolute atomic E-state index is 0.0703. The summed E-state index contributed by atoms with van der Waals surface area (Å²) in [6.45, 7) is 6.27. The first-order chi connectivity index (χ1) is 10.9. The van der Waals surface area contributed by atoms with Crippen molar-refractivity contribution in [2.75, 3.05) is 0 Å². The lowest BCUT2D eigenvalue weighted by atomic mass is 9.75. The SMILES string of the molecule is CC(C)C1CC[C@@H](C)c2c(C(=O)O)nn(-c3c[n+]([O-])ccn3)c21. The van der Waals surface area contributed by atoms with Gasteiger partial charge in [-0.15, -0.1) is 0 Å². The topological polar surface area (TPSA) is 95.0 Å². The number of hydrogen-bond donors (Lipinski definition) is 1. The molecular formula is C16H20N4O3. The van der Waals surface area contributed by atoms with Crippen LogP contribution < -0.4 is 4.73 Å². The average Bonchev–Trinajstić information content (AvgIpc) is 2.88. The Kier molecular flexibility index (Phi) is 3.79. The zero-order valence-corrected chi connectivity index (χ0v) is 13.4. The molecule has 0 bridgehead atoms. The van der Waals surface area contributed by atoms with Crippen molar-refractivity contribution < 1.29 is 14.6 Å². The van der Waals surface area contributed by atoms with Gasteiger partial charge in [0, 0.05) is 11.5 Å². The van der Waals surface area contributed by atoms with E-state index in [9.17, 15) is 15.1 Å². The zero-order chi connectivity index (χ0) is 16.7. The highest BCUT2D eigenvalue weighted by Gasteiger charge is 2.36. The normalized spacial score (nSPS) is 20.5. The van der Waals surface area contributed by atoms with Crippen molar-refractivity contribution in [3.05, 3.63) is 40.7 Å². The van der Waals surface area contributed by atoms with Gasteiger partial charge in [-0.2, -0.15) is 9.83 Å². The average molecular weight is 316 g/mol. The van der Waals surface area contributed by atoms with Gasteiger partial charge in [0.1, 0.15) is 0 Å². The highest BCUT2D eigenvalue weighted by Crippen LogP contribution is 2.44. The van der Waals surface area contributed by atoms with Crippen LogP contribution in [0.1, 0.15) is 67.2 Å². The molecule has 0 amide bonds. The number of aromatic nitrogens is 4. The minimum atomic E-state index is -1.04. The zero-order valence-electron chi connectivity index (χ0n) is 13.4. The third-order valence-electron chi connectivity index (χ3n) is 4.60. The molecule has 0 saturated carbocycles. The van der Waals surface area contributed by atoms with Crippen LogP contribution in [-0.2, 0) is 0 Å². The van der Waals surface area contributed by atoms with Gasteiger partial charge in [0.25, 0.3) is 0 Å². The van der Waals surface area contributed by atoms with Gasteiger partial charge in [-0.25, -0.2) is 14.5 Å². The molecule has 1 N–H and O–H groups in total. The van der Waals surface area contributed by atoms with Crippen molar-refractivity contribution >= 4 is 5.97 Å². The molecule has 0 radical (unpaired) electrons. The van der Waals surface area contributed by atoms with Gasteiger partial charge >= 0.3 is 5.97 Å². The molecular weight excluding hydrogens is 296 g/mol. The quantitative estimate of drug-likeness (QED) is 0.692. The number of aromatic carboxylic acids is 1. The van der Waals surface area contributed by atoms with Crippen LogP contribution in [0.15, 0.2) is 18.6 Å². The lowest BCUT2D eigenvalue weighted by Gasteiger charge is -2.30. The van der Waals surface area contributed by atoms with Crippen molar-refractivity contribution in [2.24, 2.45) is 5.92 Å². The Morgan fingerprint density at radius 1 is 1.48 bits per heavy atom. The van der Waals surface area contributed by atoms with Gasteiger partial charge < -0.3 is 10.3 Å². The van der Waals surface area contributed by atoms with Crippen LogP contribution in [0.2, 0.25) is 0 Å². The first-order valence-electron chi connectivity index (χ1n) is 7.81. The van der Waals surface area contributed by atoms with Gasteiger partial charge in [-0.05, 0) is 24.7 Å². The Morgan fingerprint density at radius 3 is 2.83 bits per heavy atom. The molecule has 0 aromatic carbocycles. The fourth-order valence-corrected chi connectivity index (χ4v) is 3.45. The van der Waals surface area contributed by atoms with Gasteiger partial charge in [0.2, 0.25) is 12.0 Å². The van der Waals surface area contributed by atoms with E-state index in [4.69, 9.17) is 0 Å². The molecule has 7 heteroatoms. The number of carboxylic acids is 1. The number of carboxylic acid groups (broad SMARTS) is 1.